The topological polar surface area (TPSA) is 68.0 Å². The number of carbonyl (C=O) groups is 1. The normalized spacial score (nSPS) is 11.0. The van der Waals surface area contributed by atoms with Crippen LogP contribution in [0.15, 0.2) is 36.5 Å². The minimum Gasteiger partial charge on any atom is -0.476 e. The fourth-order valence-corrected chi connectivity index (χ4v) is 2.09. The standard InChI is InChI=1S/C14H9F2N3O2/c15-9-4-3-8(10(16)6-9)7-19-11-2-1-5-17-12(11)13(18-19)14(20)21/h1-6H,7H2,(H,20,21). The molecule has 0 aliphatic heterocycles. The maximum Gasteiger partial charge on any atom is 0.358 e. The molecule has 3 aromatic rings. The van der Waals surface area contributed by atoms with Crippen molar-refractivity contribution in [2.24, 2.45) is 0 Å². The largest absolute Gasteiger partial charge is 0.476 e. The van der Waals surface area contributed by atoms with Gasteiger partial charge in [-0.3, -0.25) is 9.67 Å². The summed E-state index contributed by atoms with van der Waals surface area (Å²) >= 11 is 0. The van der Waals surface area contributed by atoms with E-state index >= 15 is 0 Å². The third-order valence-electron chi connectivity index (χ3n) is 3.05. The predicted molar refractivity (Wildman–Crippen MR) is 69.9 cm³/mol. The molecule has 5 nitrogen and oxygen atoms in total. The second-order valence-electron chi connectivity index (χ2n) is 4.42. The van der Waals surface area contributed by atoms with Crippen molar-refractivity contribution in [3.05, 3.63) is 59.4 Å². The van der Waals surface area contributed by atoms with Gasteiger partial charge in [0.1, 0.15) is 17.2 Å². The number of carboxylic acids is 1. The summed E-state index contributed by atoms with van der Waals surface area (Å²) in [5.41, 5.74) is 0.709. The summed E-state index contributed by atoms with van der Waals surface area (Å²) in [6.07, 6.45) is 1.46. The van der Waals surface area contributed by atoms with Crippen molar-refractivity contribution >= 4 is 17.0 Å². The number of pyridine rings is 1. The second-order valence-corrected chi connectivity index (χ2v) is 4.42. The lowest BCUT2D eigenvalue weighted by molar-refractivity contribution is 0.0691. The number of benzene rings is 1. The summed E-state index contributed by atoms with van der Waals surface area (Å²) in [6, 6.07) is 6.49. The van der Waals surface area contributed by atoms with E-state index in [9.17, 15) is 13.6 Å². The van der Waals surface area contributed by atoms with Gasteiger partial charge >= 0.3 is 5.97 Å². The highest BCUT2D eigenvalue weighted by atomic mass is 19.1. The van der Waals surface area contributed by atoms with Crippen molar-refractivity contribution in [2.45, 2.75) is 6.54 Å². The third-order valence-corrected chi connectivity index (χ3v) is 3.05. The average molecular weight is 289 g/mol. The Bertz CT molecular complexity index is 845. The van der Waals surface area contributed by atoms with Crippen LogP contribution in [0, 0.1) is 11.6 Å². The van der Waals surface area contributed by atoms with Gasteiger partial charge in [-0.05, 0) is 18.2 Å². The van der Waals surface area contributed by atoms with Crippen molar-refractivity contribution in [2.75, 3.05) is 0 Å². The first-order chi connectivity index (χ1) is 10.1. The Morgan fingerprint density at radius 2 is 2.10 bits per heavy atom. The Kier molecular flexibility index (Phi) is 3.09. The van der Waals surface area contributed by atoms with E-state index < -0.39 is 17.6 Å². The minimum absolute atomic E-state index is 0.0123. The minimum atomic E-state index is -1.21. The highest BCUT2D eigenvalue weighted by molar-refractivity contribution is 5.99. The first-order valence-electron chi connectivity index (χ1n) is 6.05. The number of hydrogen-bond acceptors (Lipinski definition) is 3. The number of aromatic carboxylic acids is 1. The highest BCUT2D eigenvalue weighted by Crippen LogP contribution is 2.18. The third kappa shape index (κ3) is 2.33. The van der Waals surface area contributed by atoms with Gasteiger partial charge < -0.3 is 5.11 Å². The Labute approximate surface area is 117 Å². The zero-order valence-corrected chi connectivity index (χ0v) is 10.6. The van der Waals surface area contributed by atoms with E-state index in [2.05, 4.69) is 10.1 Å². The second kappa shape index (κ2) is 4.93. The molecule has 0 unspecified atom stereocenters. The van der Waals surface area contributed by atoms with E-state index in [-0.39, 0.29) is 23.3 Å². The number of fused-ring (bicyclic) bond motifs is 1. The molecule has 0 fully saturated rings. The molecule has 21 heavy (non-hydrogen) atoms. The molecule has 3 rings (SSSR count). The molecular formula is C14H9F2N3O2. The predicted octanol–water partition coefficient (Wildman–Crippen LogP) is 2.46. The number of halogens is 2. The van der Waals surface area contributed by atoms with Crippen molar-refractivity contribution in [3.8, 4) is 0 Å². The Morgan fingerprint density at radius 3 is 2.81 bits per heavy atom. The molecule has 0 aliphatic rings. The van der Waals surface area contributed by atoms with Gasteiger partial charge in [-0.25, -0.2) is 13.6 Å². The lowest BCUT2D eigenvalue weighted by Gasteiger charge is -2.05. The van der Waals surface area contributed by atoms with Gasteiger partial charge in [0.15, 0.2) is 5.69 Å². The number of aromatic nitrogens is 3. The SMILES string of the molecule is O=C(O)c1nn(Cc2ccc(F)cc2F)c2cccnc12. The fraction of sp³-hybridized carbons (Fsp3) is 0.0714. The molecule has 0 saturated heterocycles. The Morgan fingerprint density at radius 1 is 1.29 bits per heavy atom. The van der Waals surface area contributed by atoms with Crippen LogP contribution in [0.25, 0.3) is 11.0 Å². The van der Waals surface area contributed by atoms with Gasteiger partial charge in [0.25, 0.3) is 0 Å². The van der Waals surface area contributed by atoms with E-state index in [1.807, 2.05) is 0 Å². The quantitative estimate of drug-likeness (QED) is 0.804. The van der Waals surface area contributed by atoms with Crippen LogP contribution in [0.4, 0.5) is 8.78 Å². The summed E-state index contributed by atoms with van der Waals surface area (Å²) in [5, 5.41) is 13.1. The molecule has 0 spiro atoms. The molecule has 7 heteroatoms. The Balaban J connectivity index is 2.10. The van der Waals surface area contributed by atoms with Crippen LogP contribution in [0.3, 0.4) is 0 Å². The van der Waals surface area contributed by atoms with Gasteiger partial charge in [0.2, 0.25) is 0 Å². The van der Waals surface area contributed by atoms with Crippen LogP contribution < -0.4 is 0 Å². The van der Waals surface area contributed by atoms with E-state index in [1.165, 1.54) is 16.9 Å². The van der Waals surface area contributed by atoms with Gasteiger partial charge in [0.05, 0.1) is 12.1 Å². The fourth-order valence-electron chi connectivity index (χ4n) is 2.09. The molecule has 2 heterocycles. The van der Waals surface area contributed by atoms with Crippen LogP contribution in [0.1, 0.15) is 16.1 Å². The van der Waals surface area contributed by atoms with Crippen LogP contribution in [0.2, 0.25) is 0 Å². The maximum atomic E-state index is 13.7. The lowest BCUT2D eigenvalue weighted by Crippen LogP contribution is -2.06. The zero-order valence-electron chi connectivity index (χ0n) is 10.6. The van der Waals surface area contributed by atoms with Gasteiger partial charge in [-0.1, -0.05) is 6.07 Å². The monoisotopic (exact) mass is 289 g/mol. The van der Waals surface area contributed by atoms with Crippen molar-refractivity contribution < 1.29 is 18.7 Å². The Hall–Kier alpha value is -2.83. The van der Waals surface area contributed by atoms with E-state index in [0.29, 0.717) is 5.52 Å². The highest BCUT2D eigenvalue weighted by Gasteiger charge is 2.18. The molecule has 0 aliphatic carbocycles. The first-order valence-corrected chi connectivity index (χ1v) is 6.05. The molecule has 0 atom stereocenters. The summed E-state index contributed by atoms with van der Waals surface area (Å²) in [5.74, 6) is -2.59. The maximum absolute atomic E-state index is 13.7. The van der Waals surface area contributed by atoms with E-state index in [0.717, 1.165) is 12.1 Å². The molecule has 0 saturated carbocycles. The molecule has 106 valence electrons. The van der Waals surface area contributed by atoms with Crippen LogP contribution >= 0.6 is 0 Å². The van der Waals surface area contributed by atoms with Crippen LogP contribution in [-0.4, -0.2) is 25.8 Å². The summed E-state index contributed by atoms with van der Waals surface area (Å²) in [6.45, 7) is -0.0123. The first kappa shape index (κ1) is 13.2. The van der Waals surface area contributed by atoms with Gasteiger partial charge in [-0.2, -0.15) is 5.10 Å². The molecular weight excluding hydrogens is 280 g/mol. The summed E-state index contributed by atoms with van der Waals surface area (Å²) < 4.78 is 27.9. The van der Waals surface area contributed by atoms with E-state index in [4.69, 9.17) is 5.11 Å². The van der Waals surface area contributed by atoms with Crippen LogP contribution in [-0.2, 0) is 6.54 Å². The number of nitrogens with zero attached hydrogens (tertiary/aromatic N) is 3. The van der Waals surface area contributed by atoms with Crippen LogP contribution in [0.5, 0.6) is 0 Å². The van der Waals surface area contributed by atoms with Crippen molar-refractivity contribution in [1.82, 2.24) is 14.8 Å². The number of carboxylic acid groups (broad SMARTS) is 1. The molecule has 0 bridgehead atoms. The summed E-state index contributed by atoms with van der Waals surface area (Å²) in [4.78, 5) is 15.1. The average Bonchev–Trinajstić information content (AvgIpc) is 2.81. The van der Waals surface area contributed by atoms with Crippen molar-refractivity contribution in [1.29, 1.82) is 0 Å². The smallest absolute Gasteiger partial charge is 0.358 e. The van der Waals surface area contributed by atoms with Gasteiger partial charge in [-0.15, -0.1) is 0 Å². The van der Waals surface area contributed by atoms with E-state index in [1.54, 1.807) is 12.1 Å². The molecule has 1 N–H and O–H groups in total. The molecule has 1 aromatic carbocycles. The lowest BCUT2D eigenvalue weighted by atomic mass is 10.2. The van der Waals surface area contributed by atoms with Crippen molar-refractivity contribution in [3.63, 3.8) is 0 Å². The number of hydrogen-bond donors (Lipinski definition) is 1. The zero-order chi connectivity index (χ0) is 15.0. The van der Waals surface area contributed by atoms with Gasteiger partial charge in [0, 0.05) is 17.8 Å². The number of rotatable bonds is 3. The summed E-state index contributed by atoms with van der Waals surface area (Å²) in [7, 11) is 0. The molecule has 0 amide bonds. The molecule has 2 aromatic heterocycles. The molecule has 0 radical (unpaired) electrons.